The van der Waals surface area contributed by atoms with Crippen LogP contribution < -0.4 is 19.9 Å². The molecular formula is C31H32IN3O3S. The standard InChI is InChI=1S/C31H32IN3O3S/c1-4-34(24-7-5-6-21(2)16-24)14-15-38-27-13-12-25(17-28(27)37-3)35-20-33-26-18-29(39-30(26)31(35)36)23-10-8-22(19-32)9-11-23/h5-13,16-17,20,29H,4,14-15,18-19H2,1-3H3. The number of anilines is 1. The number of rotatable bonds is 10. The predicted octanol–water partition coefficient (Wildman–Crippen LogP) is 6.78. The van der Waals surface area contributed by atoms with Gasteiger partial charge in [-0.1, -0.05) is 59.0 Å². The van der Waals surface area contributed by atoms with Gasteiger partial charge >= 0.3 is 0 Å². The fourth-order valence-corrected chi connectivity index (χ4v) is 6.57. The first kappa shape index (κ1) is 27.6. The van der Waals surface area contributed by atoms with E-state index >= 15 is 0 Å². The highest BCUT2D eigenvalue weighted by Gasteiger charge is 2.28. The summed E-state index contributed by atoms with van der Waals surface area (Å²) >= 11 is 3.98. The highest BCUT2D eigenvalue weighted by Crippen LogP contribution is 2.44. The van der Waals surface area contributed by atoms with Crippen LogP contribution in [0.25, 0.3) is 5.69 Å². The zero-order valence-corrected chi connectivity index (χ0v) is 25.4. The van der Waals surface area contributed by atoms with E-state index in [0.717, 1.165) is 34.5 Å². The molecule has 0 radical (unpaired) electrons. The van der Waals surface area contributed by atoms with E-state index in [1.807, 2.05) is 18.2 Å². The molecule has 1 atom stereocenters. The van der Waals surface area contributed by atoms with E-state index in [9.17, 15) is 4.79 Å². The van der Waals surface area contributed by atoms with Crippen molar-refractivity contribution in [2.24, 2.45) is 0 Å². The fourth-order valence-electron chi connectivity index (χ4n) is 4.77. The summed E-state index contributed by atoms with van der Waals surface area (Å²) in [5, 5.41) is 0.201. The van der Waals surface area contributed by atoms with Crippen LogP contribution in [0.3, 0.4) is 0 Å². The summed E-state index contributed by atoms with van der Waals surface area (Å²) in [5.41, 5.74) is 6.46. The van der Waals surface area contributed by atoms with Gasteiger partial charge in [-0.25, -0.2) is 4.98 Å². The van der Waals surface area contributed by atoms with Crippen molar-refractivity contribution in [2.45, 2.75) is 34.8 Å². The summed E-state index contributed by atoms with van der Waals surface area (Å²) < 4.78 is 14.3. The number of nitrogens with zero attached hydrogens (tertiary/aromatic N) is 3. The number of likely N-dealkylation sites (N-methyl/N-ethyl adjacent to an activating group) is 1. The summed E-state index contributed by atoms with van der Waals surface area (Å²) in [6.07, 6.45) is 2.38. The molecule has 0 saturated heterocycles. The van der Waals surface area contributed by atoms with Gasteiger partial charge in [0, 0.05) is 34.4 Å². The molecule has 1 aromatic heterocycles. The van der Waals surface area contributed by atoms with E-state index in [1.54, 1.807) is 29.8 Å². The van der Waals surface area contributed by atoms with Crippen molar-refractivity contribution >= 4 is 40.0 Å². The Morgan fingerprint density at radius 1 is 1.10 bits per heavy atom. The van der Waals surface area contributed by atoms with E-state index < -0.39 is 0 Å². The first-order valence-corrected chi connectivity index (χ1v) is 15.5. The van der Waals surface area contributed by atoms with Crippen LogP contribution in [0.2, 0.25) is 0 Å². The fraction of sp³-hybridized carbons (Fsp3) is 0.290. The van der Waals surface area contributed by atoms with Gasteiger partial charge in [-0.3, -0.25) is 9.36 Å². The molecule has 0 bridgehead atoms. The molecule has 0 saturated carbocycles. The minimum Gasteiger partial charge on any atom is -0.493 e. The zero-order chi connectivity index (χ0) is 27.4. The summed E-state index contributed by atoms with van der Waals surface area (Å²) in [5.74, 6) is 1.23. The minimum absolute atomic E-state index is 0.0520. The molecule has 202 valence electrons. The van der Waals surface area contributed by atoms with Gasteiger partial charge in [-0.2, -0.15) is 0 Å². The van der Waals surface area contributed by atoms with Crippen LogP contribution in [-0.4, -0.2) is 36.4 Å². The molecule has 39 heavy (non-hydrogen) atoms. The number of benzene rings is 3. The lowest BCUT2D eigenvalue weighted by molar-refractivity contribution is 0.299. The summed E-state index contributed by atoms with van der Waals surface area (Å²) in [6, 6.07) is 22.7. The van der Waals surface area contributed by atoms with E-state index in [-0.39, 0.29) is 10.8 Å². The van der Waals surface area contributed by atoms with Crippen molar-refractivity contribution in [3.8, 4) is 17.2 Å². The van der Waals surface area contributed by atoms with Crippen LogP contribution in [0.15, 0.2) is 82.7 Å². The molecule has 0 aliphatic carbocycles. The number of aromatic nitrogens is 2. The second kappa shape index (κ2) is 12.5. The van der Waals surface area contributed by atoms with Crippen molar-refractivity contribution in [2.75, 3.05) is 31.7 Å². The van der Waals surface area contributed by atoms with Crippen molar-refractivity contribution in [1.29, 1.82) is 0 Å². The minimum atomic E-state index is -0.0520. The Kier molecular flexibility index (Phi) is 8.82. The normalized spacial score (nSPS) is 14.2. The third-order valence-corrected chi connectivity index (χ3v) is 9.19. The molecule has 1 unspecified atom stereocenters. The second-order valence-electron chi connectivity index (χ2n) is 9.48. The maximum absolute atomic E-state index is 13.5. The molecule has 3 aromatic carbocycles. The third-order valence-electron chi connectivity index (χ3n) is 6.94. The largest absolute Gasteiger partial charge is 0.493 e. The number of alkyl halides is 1. The van der Waals surface area contributed by atoms with Crippen LogP contribution in [0.4, 0.5) is 5.69 Å². The molecule has 1 aliphatic rings. The first-order chi connectivity index (χ1) is 19.0. The van der Waals surface area contributed by atoms with Gasteiger partial charge < -0.3 is 14.4 Å². The lowest BCUT2D eigenvalue weighted by Gasteiger charge is -2.24. The van der Waals surface area contributed by atoms with Crippen LogP contribution in [0, 0.1) is 6.92 Å². The number of hydrogen-bond donors (Lipinski definition) is 0. The number of ether oxygens (including phenoxy) is 2. The molecule has 1 aliphatic heterocycles. The Morgan fingerprint density at radius 3 is 2.64 bits per heavy atom. The monoisotopic (exact) mass is 653 g/mol. The van der Waals surface area contributed by atoms with Gasteiger partial charge in [-0.05, 0) is 54.8 Å². The van der Waals surface area contributed by atoms with Gasteiger partial charge in [0.1, 0.15) is 12.9 Å². The summed E-state index contributed by atoms with van der Waals surface area (Å²) in [7, 11) is 1.62. The van der Waals surface area contributed by atoms with Gasteiger partial charge in [0.25, 0.3) is 5.56 Å². The number of aryl methyl sites for hydroxylation is 1. The van der Waals surface area contributed by atoms with Gasteiger partial charge in [0.15, 0.2) is 11.5 Å². The quantitative estimate of drug-likeness (QED) is 0.139. The average molecular weight is 654 g/mol. The molecule has 0 fully saturated rings. The number of halogens is 1. The first-order valence-electron chi connectivity index (χ1n) is 13.1. The predicted molar refractivity (Wildman–Crippen MR) is 167 cm³/mol. The maximum atomic E-state index is 13.5. The van der Waals surface area contributed by atoms with Gasteiger partial charge in [0.05, 0.1) is 29.9 Å². The van der Waals surface area contributed by atoms with Gasteiger partial charge in [0.2, 0.25) is 0 Å². The van der Waals surface area contributed by atoms with Crippen molar-refractivity contribution < 1.29 is 9.47 Å². The molecule has 4 aromatic rings. The topological polar surface area (TPSA) is 56.6 Å². The average Bonchev–Trinajstić information content (AvgIpc) is 3.41. The van der Waals surface area contributed by atoms with Crippen molar-refractivity contribution in [3.05, 3.63) is 106 Å². The molecule has 6 nitrogen and oxygen atoms in total. The second-order valence-corrected chi connectivity index (χ2v) is 11.5. The van der Waals surface area contributed by atoms with Crippen LogP contribution in [0.5, 0.6) is 11.5 Å². The van der Waals surface area contributed by atoms with E-state index in [4.69, 9.17) is 9.47 Å². The Labute approximate surface area is 247 Å². The molecule has 2 heterocycles. The Morgan fingerprint density at radius 2 is 1.92 bits per heavy atom. The number of hydrogen-bond acceptors (Lipinski definition) is 6. The third kappa shape index (κ3) is 6.11. The summed E-state index contributed by atoms with van der Waals surface area (Å²) in [6.45, 7) is 6.39. The zero-order valence-electron chi connectivity index (χ0n) is 22.4. The van der Waals surface area contributed by atoms with E-state index in [1.165, 1.54) is 22.4 Å². The van der Waals surface area contributed by atoms with E-state index in [2.05, 4.69) is 94.9 Å². The highest BCUT2D eigenvalue weighted by atomic mass is 127. The molecule has 0 N–H and O–H groups in total. The smallest absolute Gasteiger partial charge is 0.271 e. The Bertz CT molecular complexity index is 1510. The van der Waals surface area contributed by atoms with Crippen molar-refractivity contribution in [3.63, 3.8) is 0 Å². The molecular weight excluding hydrogens is 621 g/mol. The maximum Gasteiger partial charge on any atom is 0.271 e. The Hall–Kier alpha value is -2.98. The highest BCUT2D eigenvalue weighted by molar-refractivity contribution is 14.1. The van der Waals surface area contributed by atoms with Crippen molar-refractivity contribution in [1.82, 2.24) is 9.55 Å². The lowest BCUT2D eigenvalue weighted by atomic mass is 10.1. The van der Waals surface area contributed by atoms with Gasteiger partial charge in [-0.15, -0.1) is 11.8 Å². The van der Waals surface area contributed by atoms with Crippen LogP contribution in [-0.2, 0) is 10.8 Å². The lowest BCUT2D eigenvalue weighted by Crippen LogP contribution is -2.28. The Balaban J connectivity index is 1.30. The van der Waals surface area contributed by atoms with E-state index in [0.29, 0.717) is 23.8 Å². The molecule has 8 heteroatoms. The number of thioether (sulfide) groups is 1. The van der Waals surface area contributed by atoms with Crippen LogP contribution in [0.1, 0.15) is 34.6 Å². The summed E-state index contributed by atoms with van der Waals surface area (Å²) in [4.78, 5) is 21.1. The SMILES string of the molecule is CCN(CCOc1ccc(-n2cnc3c(c2=O)SC(c2ccc(CI)cc2)C3)cc1OC)c1cccc(C)c1. The van der Waals surface area contributed by atoms with Crippen LogP contribution >= 0.6 is 34.4 Å². The molecule has 0 amide bonds. The number of fused-ring (bicyclic) bond motifs is 1. The molecule has 5 rings (SSSR count). The molecule has 0 spiro atoms. The number of methoxy groups -OCH3 is 1.